The van der Waals surface area contributed by atoms with E-state index in [2.05, 4.69) is 32.6 Å². The van der Waals surface area contributed by atoms with Gasteiger partial charge in [-0.3, -0.25) is 10.1 Å². The number of halogens is 1. The Balaban J connectivity index is 2.08. The van der Waals surface area contributed by atoms with Gasteiger partial charge in [-0.05, 0) is 25.1 Å². The highest BCUT2D eigenvalue weighted by Gasteiger charge is 2.14. The number of benzene rings is 1. The molecule has 1 aliphatic rings. The monoisotopic (exact) mass is 311 g/mol. The van der Waals surface area contributed by atoms with E-state index in [1.54, 1.807) is 12.1 Å². The molecule has 0 amide bonds. The number of nitrogens with zero attached hydrogens (tertiary/aromatic N) is 1. The Morgan fingerprint density at radius 1 is 1.50 bits per heavy atom. The molecule has 0 bridgehead atoms. The van der Waals surface area contributed by atoms with Crippen molar-refractivity contribution >= 4 is 27.3 Å². The maximum absolute atomic E-state index is 10.9. The fourth-order valence-corrected chi connectivity index (χ4v) is 2.19. The average Bonchev–Trinajstić information content (AvgIpc) is 2.38. The molecule has 0 aromatic heterocycles. The molecule has 5 nitrogen and oxygen atoms in total. The summed E-state index contributed by atoms with van der Waals surface area (Å²) in [6.07, 6.45) is 3.11. The van der Waals surface area contributed by atoms with Crippen molar-refractivity contribution in [3.05, 3.63) is 44.4 Å². The summed E-state index contributed by atoms with van der Waals surface area (Å²) in [6.45, 7) is 2.50. The number of hydrogen-bond acceptors (Lipinski definition) is 4. The molecule has 6 heteroatoms. The van der Waals surface area contributed by atoms with Crippen molar-refractivity contribution in [2.75, 3.05) is 25.0 Å². The standard InChI is InChI=1S/C12H14BrN3O2/c13-10-1-2-11(12(7-10)16(17)18)15-8-9-3-5-14-6-4-9/h1-3,7,14-15H,4-6,8H2. The van der Waals surface area contributed by atoms with Crippen molar-refractivity contribution in [1.29, 1.82) is 0 Å². The highest BCUT2D eigenvalue weighted by molar-refractivity contribution is 9.10. The predicted octanol–water partition coefficient (Wildman–Crippen LogP) is 2.69. The third-order valence-corrected chi connectivity index (χ3v) is 3.31. The Kier molecular flexibility index (Phi) is 4.33. The molecule has 1 aromatic carbocycles. The van der Waals surface area contributed by atoms with Crippen molar-refractivity contribution in [3.8, 4) is 0 Å². The van der Waals surface area contributed by atoms with Crippen LogP contribution in [0.25, 0.3) is 0 Å². The number of rotatable bonds is 4. The van der Waals surface area contributed by atoms with Crippen LogP contribution in [0.1, 0.15) is 6.42 Å². The van der Waals surface area contributed by atoms with Gasteiger partial charge < -0.3 is 10.6 Å². The molecule has 18 heavy (non-hydrogen) atoms. The van der Waals surface area contributed by atoms with E-state index in [9.17, 15) is 10.1 Å². The average molecular weight is 312 g/mol. The zero-order valence-electron chi connectivity index (χ0n) is 9.78. The molecule has 1 heterocycles. The minimum Gasteiger partial charge on any atom is -0.376 e. The third kappa shape index (κ3) is 3.30. The minimum absolute atomic E-state index is 0.0962. The van der Waals surface area contributed by atoms with E-state index in [1.165, 1.54) is 11.6 Å². The van der Waals surface area contributed by atoms with Gasteiger partial charge in [-0.15, -0.1) is 0 Å². The SMILES string of the molecule is O=[N+]([O-])c1cc(Br)ccc1NCC1=CCNCC1. The van der Waals surface area contributed by atoms with E-state index >= 15 is 0 Å². The molecular formula is C12H14BrN3O2. The topological polar surface area (TPSA) is 67.2 Å². The molecule has 0 saturated carbocycles. The number of nitro groups is 1. The van der Waals surface area contributed by atoms with Gasteiger partial charge in [0.1, 0.15) is 5.69 Å². The zero-order chi connectivity index (χ0) is 13.0. The van der Waals surface area contributed by atoms with Gasteiger partial charge >= 0.3 is 0 Å². The quantitative estimate of drug-likeness (QED) is 0.509. The second-order valence-electron chi connectivity index (χ2n) is 4.09. The fourth-order valence-electron chi connectivity index (χ4n) is 1.84. The molecule has 0 unspecified atom stereocenters. The van der Waals surface area contributed by atoms with Gasteiger partial charge in [0.25, 0.3) is 5.69 Å². The maximum Gasteiger partial charge on any atom is 0.293 e. The van der Waals surface area contributed by atoms with Gasteiger partial charge in [0, 0.05) is 23.6 Å². The lowest BCUT2D eigenvalue weighted by Crippen LogP contribution is -2.23. The molecule has 2 rings (SSSR count). The van der Waals surface area contributed by atoms with E-state index in [4.69, 9.17) is 0 Å². The lowest BCUT2D eigenvalue weighted by molar-refractivity contribution is -0.384. The molecule has 0 spiro atoms. The van der Waals surface area contributed by atoms with Crippen LogP contribution in [-0.2, 0) is 0 Å². The summed E-state index contributed by atoms with van der Waals surface area (Å²) < 4.78 is 0.709. The van der Waals surface area contributed by atoms with Crippen LogP contribution in [0.15, 0.2) is 34.3 Å². The molecule has 1 aromatic rings. The van der Waals surface area contributed by atoms with E-state index in [0.29, 0.717) is 16.7 Å². The molecule has 0 aliphatic carbocycles. The van der Waals surface area contributed by atoms with Gasteiger partial charge in [0.15, 0.2) is 0 Å². The molecule has 2 N–H and O–H groups in total. The molecule has 0 atom stereocenters. The predicted molar refractivity (Wildman–Crippen MR) is 74.9 cm³/mol. The van der Waals surface area contributed by atoms with Gasteiger partial charge in [0.05, 0.1) is 4.92 Å². The number of hydrogen-bond donors (Lipinski definition) is 2. The Hall–Kier alpha value is -1.40. The van der Waals surface area contributed by atoms with Crippen LogP contribution in [0, 0.1) is 10.1 Å². The lowest BCUT2D eigenvalue weighted by Gasteiger charge is -2.15. The van der Waals surface area contributed by atoms with Gasteiger partial charge in [-0.25, -0.2) is 0 Å². The Morgan fingerprint density at radius 2 is 2.33 bits per heavy atom. The van der Waals surface area contributed by atoms with Gasteiger partial charge in [-0.2, -0.15) is 0 Å². The van der Waals surface area contributed by atoms with Crippen LogP contribution in [0.2, 0.25) is 0 Å². The zero-order valence-corrected chi connectivity index (χ0v) is 11.4. The molecule has 0 saturated heterocycles. The molecule has 0 radical (unpaired) electrons. The maximum atomic E-state index is 10.9. The van der Waals surface area contributed by atoms with Crippen molar-refractivity contribution in [2.45, 2.75) is 6.42 Å². The lowest BCUT2D eigenvalue weighted by atomic mass is 10.1. The summed E-state index contributed by atoms with van der Waals surface area (Å²) in [5.41, 5.74) is 1.94. The van der Waals surface area contributed by atoms with Gasteiger partial charge in [-0.1, -0.05) is 27.6 Å². The van der Waals surface area contributed by atoms with Crippen LogP contribution in [0.3, 0.4) is 0 Å². The second-order valence-corrected chi connectivity index (χ2v) is 5.00. The van der Waals surface area contributed by atoms with E-state index in [0.717, 1.165) is 19.5 Å². The van der Waals surface area contributed by atoms with Crippen LogP contribution < -0.4 is 10.6 Å². The molecule has 1 aliphatic heterocycles. The highest BCUT2D eigenvalue weighted by atomic mass is 79.9. The van der Waals surface area contributed by atoms with Gasteiger partial charge in [0.2, 0.25) is 0 Å². The van der Waals surface area contributed by atoms with E-state index in [-0.39, 0.29) is 10.6 Å². The molecule has 0 fully saturated rings. The van der Waals surface area contributed by atoms with Crippen molar-refractivity contribution in [3.63, 3.8) is 0 Å². The summed E-state index contributed by atoms with van der Waals surface area (Å²) >= 11 is 3.24. The smallest absolute Gasteiger partial charge is 0.293 e. The van der Waals surface area contributed by atoms with Crippen molar-refractivity contribution < 1.29 is 4.92 Å². The number of anilines is 1. The van der Waals surface area contributed by atoms with Crippen LogP contribution in [-0.4, -0.2) is 24.6 Å². The molecular weight excluding hydrogens is 298 g/mol. The van der Waals surface area contributed by atoms with Crippen molar-refractivity contribution in [2.24, 2.45) is 0 Å². The number of nitrogens with one attached hydrogen (secondary N) is 2. The van der Waals surface area contributed by atoms with E-state index in [1.807, 2.05) is 0 Å². The summed E-state index contributed by atoms with van der Waals surface area (Å²) in [4.78, 5) is 10.6. The van der Waals surface area contributed by atoms with Crippen molar-refractivity contribution in [1.82, 2.24) is 5.32 Å². The van der Waals surface area contributed by atoms with Crippen LogP contribution >= 0.6 is 15.9 Å². The summed E-state index contributed by atoms with van der Waals surface area (Å²) in [5, 5.41) is 17.3. The Labute approximate surface area is 114 Å². The van der Waals surface area contributed by atoms with Crippen LogP contribution in [0.5, 0.6) is 0 Å². The number of nitro benzene ring substituents is 1. The normalized spacial score (nSPS) is 15.1. The van der Waals surface area contributed by atoms with Crippen LogP contribution in [0.4, 0.5) is 11.4 Å². The summed E-state index contributed by atoms with van der Waals surface area (Å²) in [7, 11) is 0. The third-order valence-electron chi connectivity index (χ3n) is 2.82. The molecule has 96 valence electrons. The Morgan fingerprint density at radius 3 is 3.00 bits per heavy atom. The second kappa shape index (κ2) is 5.97. The highest BCUT2D eigenvalue weighted by Crippen LogP contribution is 2.28. The summed E-state index contributed by atoms with van der Waals surface area (Å²) in [5.74, 6) is 0. The van der Waals surface area contributed by atoms with E-state index < -0.39 is 0 Å². The first-order valence-electron chi connectivity index (χ1n) is 5.73. The first-order valence-corrected chi connectivity index (χ1v) is 6.52. The Bertz CT molecular complexity index is 488. The largest absolute Gasteiger partial charge is 0.376 e. The minimum atomic E-state index is -0.371. The first-order chi connectivity index (χ1) is 8.66. The summed E-state index contributed by atoms with van der Waals surface area (Å²) in [6, 6.07) is 5.04. The fraction of sp³-hybridized carbons (Fsp3) is 0.333. The first kappa shape index (κ1) is 13.0.